The molecule has 0 amide bonds. The fourth-order valence-corrected chi connectivity index (χ4v) is 3.29. The Morgan fingerprint density at radius 2 is 1.86 bits per heavy atom. The van der Waals surface area contributed by atoms with Crippen molar-refractivity contribution < 1.29 is 8.42 Å². The molecule has 0 saturated heterocycles. The number of benzene rings is 2. The summed E-state index contributed by atoms with van der Waals surface area (Å²) >= 11 is 6.04. The van der Waals surface area contributed by atoms with Crippen molar-refractivity contribution in [3.8, 4) is 0 Å². The zero-order valence-electron chi connectivity index (χ0n) is 11.1. The average Bonchev–Trinajstić information content (AvgIpc) is 2.93. The molecular formula is C14H12ClN3O2S. The van der Waals surface area contributed by atoms with Crippen LogP contribution in [0.2, 0.25) is 5.02 Å². The van der Waals surface area contributed by atoms with Gasteiger partial charge in [0.2, 0.25) is 0 Å². The van der Waals surface area contributed by atoms with Gasteiger partial charge < -0.3 is 0 Å². The highest BCUT2D eigenvalue weighted by Gasteiger charge is 2.16. The van der Waals surface area contributed by atoms with Crippen LogP contribution < -0.4 is 4.72 Å². The maximum atomic E-state index is 12.4. The number of rotatable bonds is 3. The Hall–Kier alpha value is -2.05. The third-order valence-electron chi connectivity index (χ3n) is 3.14. The minimum absolute atomic E-state index is 0.204. The summed E-state index contributed by atoms with van der Waals surface area (Å²) in [6.45, 7) is 1.90. The van der Waals surface area contributed by atoms with Crippen molar-refractivity contribution in [1.29, 1.82) is 0 Å². The van der Waals surface area contributed by atoms with Gasteiger partial charge in [0, 0.05) is 5.39 Å². The van der Waals surface area contributed by atoms with Crippen LogP contribution in [0.4, 0.5) is 5.69 Å². The molecule has 0 spiro atoms. The molecule has 7 heteroatoms. The molecule has 5 nitrogen and oxygen atoms in total. The van der Waals surface area contributed by atoms with Gasteiger partial charge in [-0.15, -0.1) is 0 Å². The van der Waals surface area contributed by atoms with E-state index in [9.17, 15) is 8.42 Å². The molecule has 0 atom stereocenters. The molecule has 1 aromatic heterocycles. The summed E-state index contributed by atoms with van der Waals surface area (Å²) in [5.74, 6) is 0. The lowest BCUT2D eigenvalue weighted by Gasteiger charge is -2.09. The molecule has 3 rings (SSSR count). The van der Waals surface area contributed by atoms with Crippen molar-refractivity contribution in [3.63, 3.8) is 0 Å². The van der Waals surface area contributed by atoms with Crippen LogP contribution in [-0.4, -0.2) is 18.6 Å². The second-order valence-electron chi connectivity index (χ2n) is 4.67. The Morgan fingerprint density at radius 3 is 2.57 bits per heavy atom. The highest BCUT2D eigenvalue weighted by Crippen LogP contribution is 2.29. The smallest absolute Gasteiger partial charge is 0.261 e. The first-order valence-electron chi connectivity index (χ1n) is 6.18. The van der Waals surface area contributed by atoms with E-state index in [0.29, 0.717) is 21.6 Å². The van der Waals surface area contributed by atoms with E-state index in [1.165, 1.54) is 0 Å². The molecule has 3 aromatic rings. The Labute approximate surface area is 127 Å². The van der Waals surface area contributed by atoms with Crippen LogP contribution in [0, 0.1) is 6.92 Å². The van der Waals surface area contributed by atoms with Gasteiger partial charge in [0.25, 0.3) is 10.0 Å². The Kier molecular flexibility index (Phi) is 3.35. The molecule has 0 aliphatic rings. The monoisotopic (exact) mass is 321 g/mol. The molecule has 108 valence electrons. The van der Waals surface area contributed by atoms with Gasteiger partial charge in [-0.2, -0.15) is 5.10 Å². The van der Waals surface area contributed by atoms with E-state index >= 15 is 0 Å². The SMILES string of the molecule is Cc1ccc(S(=O)(=O)Nc2ccc(Cl)c3cn[nH]c23)cc1. The lowest BCUT2D eigenvalue weighted by Crippen LogP contribution is -2.13. The zero-order chi connectivity index (χ0) is 15.0. The number of H-pyrrole nitrogens is 1. The van der Waals surface area contributed by atoms with Gasteiger partial charge in [-0.3, -0.25) is 9.82 Å². The molecule has 0 aliphatic heterocycles. The highest BCUT2D eigenvalue weighted by molar-refractivity contribution is 7.92. The molecular weight excluding hydrogens is 310 g/mol. The molecule has 0 radical (unpaired) electrons. The van der Waals surface area contributed by atoms with Crippen LogP contribution >= 0.6 is 11.6 Å². The number of halogens is 1. The molecule has 0 unspecified atom stereocenters. The summed E-state index contributed by atoms with van der Waals surface area (Å²) in [6.07, 6.45) is 1.56. The van der Waals surface area contributed by atoms with E-state index in [4.69, 9.17) is 11.6 Å². The van der Waals surface area contributed by atoms with E-state index in [2.05, 4.69) is 14.9 Å². The normalized spacial score (nSPS) is 11.7. The van der Waals surface area contributed by atoms with Gasteiger partial charge in [0.05, 0.1) is 27.3 Å². The molecule has 1 heterocycles. The highest BCUT2D eigenvalue weighted by atomic mass is 35.5. The third-order valence-corrected chi connectivity index (χ3v) is 4.85. The van der Waals surface area contributed by atoms with Crippen molar-refractivity contribution in [1.82, 2.24) is 10.2 Å². The maximum Gasteiger partial charge on any atom is 0.261 e. The minimum Gasteiger partial charge on any atom is -0.277 e. The first-order valence-corrected chi connectivity index (χ1v) is 8.04. The third kappa shape index (κ3) is 2.59. The van der Waals surface area contributed by atoms with Crippen molar-refractivity contribution in [2.24, 2.45) is 0 Å². The standard InChI is InChI=1S/C14H12ClN3O2S/c1-9-2-4-10(5-3-9)21(19,20)18-13-7-6-12(15)11-8-16-17-14(11)13/h2-8,18H,1H3,(H,16,17). The van der Waals surface area contributed by atoms with E-state index in [0.717, 1.165) is 5.56 Å². The summed E-state index contributed by atoms with van der Waals surface area (Å²) < 4.78 is 27.3. The number of aromatic amines is 1. The van der Waals surface area contributed by atoms with Crippen molar-refractivity contribution >= 4 is 38.2 Å². The fourth-order valence-electron chi connectivity index (χ4n) is 2.01. The number of fused-ring (bicyclic) bond motifs is 1. The number of hydrogen-bond donors (Lipinski definition) is 2. The van der Waals surface area contributed by atoms with E-state index < -0.39 is 10.0 Å². The Bertz CT molecular complexity index is 902. The largest absolute Gasteiger partial charge is 0.277 e. The van der Waals surface area contributed by atoms with Gasteiger partial charge in [-0.05, 0) is 31.2 Å². The summed E-state index contributed by atoms with van der Waals surface area (Å²) in [5.41, 5.74) is 1.96. The van der Waals surface area contributed by atoms with Gasteiger partial charge in [-0.25, -0.2) is 8.42 Å². The Morgan fingerprint density at radius 1 is 1.14 bits per heavy atom. The van der Waals surface area contributed by atoms with Crippen LogP contribution in [0.15, 0.2) is 47.5 Å². The van der Waals surface area contributed by atoms with Gasteiger partial charge in [0.1, 0.15) is 0 Å². The van der Waals surface area contributed by atoms with Crippen LogP contribution in [0.5, 0.6) is 0 Å². The van der Waals surface area contributed by atoms with Gasteiger partial charge in [0.15, 0.2) is 0 Å². The molecule has 0 saturated carbocycles. The quantitative estimate of drug-likeness (QED) is 0.777. The lowest BCUT2D eigenvalue weighted by atomic mass is 10.2. The van der Waals surface area contributed by atoms with Crippen molar-refractivity contribution in [2.75, 3.05) is 4.72 Å². The zero-order valence-corrected chi connectivity index (χ0v) is 12.7. The fraction of sp³-hybridized carbons (Fsp3) is 0.0714. The van der Waals surface area contributed by atoms with Crippen LogP contribution in [0.3, 0.4) is 0 Å². The topological polar surface area (TPSA) is 74.8 Å². The van der Waals surface area contributed by atoms with Crippen LogP contribution in [0.25, 0.3) is 10.9 Å². The number of hydrogen-bond acceptors (Lipinski definition) is 3. The summed E-state index contributed by atoms with van der Waals surface area (Å²) in [7, 11) is -3.65. The average molecular weight is 322 g/mol. The summed E-state index contributed by atoms with van der Waals surface area (Å²) in [4.78, 5) is 0.204. The number of anilines is 1. The van der Waals surface area contributed by atoms with Gasteiger partial charge in [-0.1, -0.05) is 29.3 Å². The Balaban J connectivity index is 2.03. The molecule has 21 heavy (non-hydrogen) atoms. The van der Waals surface area contributed by atoms with E-state index in [-0.39, 0.29) is 4.90 Å². The molecule has 2 aromatic carbocycles. The predicted octanol–water partition coefficient (Wildman–Crippen LogP) is 3.33. The van der Waals surface area contributed by atoms with Crippen LogP contribution in [-0.2, 0) is 10.0 Å². The maximum absolute atomic E-state index is 12.4. The second kappa shape index (κ2) is 5.05. The summed E-state index contributed by atoms with van der Waals surface area (Å²) in [5, 5.41) is 7.82. The van der Waals surface area contributed by atoms with E-state index in [1.54, 1.807) is 42.6 Å². The molecule has 0 bridgehead atoms. The number of nitrogens with one attached hydrogen (secondary N) is 2. The van der Waals surface area contributed by atoms with E-state index in [1.807, 2.05) is 6.92 Å². The number of aromatic nitrogens is 2. The predicted molar refractivity (Wildman–Crippen MR) is 83.1 cm³/mol. The molecule has 0 aliphatic carbocycles. The van der Waals surface area contributed by atoms with Crippen LogP contribution in [0.1, 0.15) is 5.56 Å². The van der Waals surface area contributed by atoms with Gasteiger partial charge >= 0.3 is 0 Å². The number of aryl methyl sites for hydroxylation is 1. The minimum atomic E-state index is -3.65. The molecule has 2 N–H and O–H groups in total. The lowest BCUT2D eigenvalue weighted by molar-refractivity contribution is 0.601. The van der Waals surface area contributed by atoms with Crippen molar-refractivity contribution in [2.45, 2.75) is 11.8 Å². The molecule has 0 fully saturated rings. The first kappa shape index (κ1) is 13.9. The van der Waals surface area contributed by atoms with Crippen molar-refractivity contribution in [3.05, 3.63) is 53.2 Å². The second-order valence-corrected chi connectivity index (χ2v) is 6.76. The number of nitrogens with zero attached hydrogens (tertiary/aromatic N) is 1. The first-order chi connectivity index (χ1) is 9.97. The summed E-state index contributed by atoms with van der Waals surface area (Å²) in [6, 6.07) is 9.88. The number of sulfonamides is 1.